The van der Waals surface area contributed by atoms with Crippen molar-refractivity contribution in [2.75, 3.05) is 7.11 Å². The average Bonchev–Trinajstić information content (AvgIpc) is 2.27. The molecule has 0 heterocycles. The Morgan fingerprint density at radius 1 is 1.31 bits per heavy atom. The van der Waals surface area contributed by atoms with Crippen molar-refractivity contribution in [3.8, 4) is 0 Å². The number of carbonyl (C=O) groups is 1. The van der Waals surface area contributed by atoms with Crippen LogP contribution in [-0.4, -0.2) is 19.1 Å². The zero-order valence-corrected chi connectivity index (χ0v) is 9.82. The van der Waals surface area contributed by atoms with Gasteiger partial charge in [-0.3, -0.25) is 9.63 Å². The first kappa shape index (κ1) is 12.7. The van der Waals surface area contributed by atoms with Gasteiger partial charge in [-0.2, -0.15) is 0 Å². The van der Waals surface area contributed by atoms with Crippen LogP contribution in [0.1, 0.15) is 29.8 Å². The molecular weight excluding hydrogens is 206 g/mol. The van der Waals surface area contributed by atoms with Gasteiger partial charge in [-0.1, -0.05) is 12.1 Å². The Kier molecular flexibility index (Phi) is 4.95. The van der Waals surface area contributed by atoms with Gasteiger partial charge in [0.1, 0.15) is 0 Å². The van der Waals surface area contributed by atoms with E-state index in [1.807, 2.05) is 26.0 Å². The quantitative estimate of drug-likeness (QED) is 0.775. The maximum atomic E-state index is 11.4. The molecule has 0 bridgehead atoms. The zero-order valence-electron chi connectivity index (χ0n) is 9.82. The predicted molar refractivity (Wildman–Crippen MR) is 60.8 cm³/mol. The van der Waals surface area contributed by atoms with E-state index in [1.165, 1.54) is 7.11 Å². The van der Waals surface area contributed by atoms with Crippen LogP contribution >= 0.6 is 0 Å². The fraction of sp³-hybridized carbons (Fsp3) is 0.417. The number of ether oxygens (including phenoxy) is 1. The van der Waals surface area contributed by atoms with Crippen LogP contribution in [0.2, 0.25) is 0 Å². The fourth-order valence-electron chi connectivity index (χ4n) is 1.17. The van der Waals surface area contributed by atoms with Gasteiger partial charge in [-0.05, 0) is 31.5 Å². The summed E-state index contributed by atoms with van der Waals surface area (Å²) in [5.41, 5.74) is 3.87. The Hall–Kier alpha value is -1.39. The van der Waals surface area contributed by atoms with Gasteiger partial charge in [-0.25, -0.2) is 5.48 Å². The van der Waals surface area contributed by atoms with E-state index in [1.54, 1.807) is 12.1 Å². The fourth-order valence-corrected chi connectivity index (χ4v) is 1.17. The number of rotatable bonds is 5. The topological polar surface area (TPSA) is 47.6 Å². The van der Waals surface area contributed by atoms with Crippen LogP contribution in [0.4, 0.5) is 0 Å². The predicted octanol–water partition coefficient (Wildman–Crippen LogP) is 1.90. The lowest BCUT2D eigenvalue weighted by molar-refractivity contribution is 0.0536. The summed E-state index contributed by atoms with van der Waals surface area (Å²) in [6.07, 6.45) is 0.205. The minimum Gasteiger partial charge on any atom is -0.374 e. The van der Waals surface area contributed by atoms with E-state index >= 15 is 0 Å². The molecule has 0 saturated carbocycles. The van der Waals surface area contributed by atoms with Crippen molar-refractivity contribution < 1.29 is 14.4 Å². The second-order valence-corrected chi connectivity index (χ2v) is 3.69. The molecule has 0 saturated heterocycles. The van der Waals surface area contributed by atoms with Crippen molar-refractivity contribution in [3.63, 3.8) is 0 Å². The summed E-state index contributed by atoms with van der Waals surface area (Å²) in [6, 6.07) is 7.22. The highest BCUT2D eigenvalue weighted by Crippen LogP contribution is 2.07. The molecule has 0 aliphatic heterocycles. The van der Waals surface area contributed by atoms with Crippen LogP contribution in [0.15, 0.2) is 24.3 Å². The third kappa shape index (κ3) is 4.00. The lowest BCUT2D eigenvalue weighted by Crippen LogP contribution is -2.21. The maximum Gasteiger partial charge on any atom is 0.274 e. The summed E-state index contributed by atoms with van der Waals surface area (Å²) in [5, 5.41) is 0. The minimum absolute atomic E-state index is 0.205. The summed E-state index contributed by atoms with van der Waals surface area (Å²) >= 11 is 0. The highest BCUT2D eigenvalue weighted by atomic mass is 16.6. The molecule has 0 aliphatic rings. The summed E-state index contributed by atoms with van der Waals surface area (Å²) in [7, 11) is 1.41. The van der Waals surface area contributed by atoms with Gasteiger partial charge in [-0.15, -0.1) is 0 Å². The molecule has 0 fully saturated rings. The number of benzene rings is 1. The molecule has 0 radical (unpaired) electrons. The van der Waals surface area contributed by atoms with Crippen molar-refractivity contribution in [1.29, 1.82) is 0 Å². The number of hydrogen-bond acceptors (Lipinski definition) is 3. The molecule has 0 atom stereocenters. The minimum atomic E-state index is -0.251. The molecule has 1 rings (SSSR count). The van der Waals surface area contributed by atoms with E-state index in [9.17, 15) is 4.79 Å². The number of hydrogen-bond donors (Lipinski definition) is 1. The Labute approximate surface area is 95.5 Å². The van der Waals surface area contributed by atoms with Gasteiger partial charge in [0.2, 0.25) is 0 Å². The Bertz CT molecular complexity index is 333. The summed E-state index contributed by atoms with van der Waals surface area (Å²) in [6.45, 7) is 4.53. The zero-order chi connectivity index (χ0) is 12.0. The first-order valence-corrected chi connectivity index (χ1v) is 5.17. The number of carbonyl (C=O) groups excluding carboxylic acids is 1. The molecule has 4 heteroatoms. The summed E-state index contributed by atoms with van der Waals surface area (Å²) in [4.78, 5) is 15.9. The molecule has 1 amide bonds. The van der Waals surface area contributed by atoms with Crippen LogP contribution in [0.3, 0.4) is 0 Å². The molecule has 16 heavy (non-hydrogen) atoms. The monoisotopic (exact) mass is 223 g/mol. The molecule has 1 N–H and O–H groups in total. The standard InChI is InChI=1S/C12H17NO3/c1-9(2)16-8-10-4-6-11(7-5-10)12(14)13-15-3/h4-7,9H,8H2,1-3H3,(H,13,14). The van der Waals surface area contributed by atoms with E-state index in [0.29, 0.717) is 12.2 Å². The van der Waals surface area contributed by atoms with E-state index in [2.05, 4.69) is 10.3 Å². The van der Waals surface area contributed by atoms with Crippen LogP contribution in [0.25, 0.3) is 0 Å². The van der Waals surface area contributed by atoms with Crippen molar-refractivity contribution in [2.24, 2.45) is 0 Å². The molecule has 0 aromatic heterocycles. The number of hydroxylamine groups is 1. The van der Waals surface area contributed by atoms with Gasteiger partial charge in [0, 0.05) is 5.56 Å². The lowest BCUT2D eigenvalue weighted by atomic mass is 10.1. The first-order chi connectivity index (χ1) is 7.63. The smallest absolute Gasteiger partial charge is 0.274 e. The second kappa shape index (κ2) is 6.25. The van der Waals surface area contributed by atoms with Crippen molar-refractivity contribution in [2.45, 2.75) is 26.6 Å². The highest BCUT2D eigenvalue weighted by Gasteiger charge is 2.04. The van der Waals surface area contributed by atoms with Gasteiger partial charge in [0.25, 0.3) is 5.91 Å². The molecule has 1 aromatic carbocycles. The largest absolute Gasteiger partial charge is 0.374 e. The molecular formula is C12H17NO3. The number of amides is 1. The van der Waals surface area contributed by atoms with E-state index in [0.717, 1.165) is 5.56 Å². The molecule has 0 spiro atoms. The third-order valence-electron chi connectivity index (χ3n) is 1.99. The summed E-state index contributed by atoms with van der Waals surface area (Å²) < 4.78 is 5.45. The average molecular weight is 223 g/mol. The molecule has 0 aliphatic carbocycles. The van der Waals surface area contributed by atoms with Crippen LogP contribution in [-0.2, 0) is 16.2 Å². The highest BCUT2D eigenvalue weighted by molar-refractivity contribution is 5.93. The normalized spacial score (nSPS) is 10.5. The second-order valence-electron chi connectivity index (χ2n) is 3.69. The van der Waals surface area contributed by atoms with Crippen molar-refractivity contribution in [3.05, 3.63) is 35.4 Å². The third-order valence-corrected chi connectivity index (χ3v) is 1.99. The van der Waals surface area contributed by atoms with Crippen LogP contribution < -0.4 is 5.48 Å². The van der Waals surface area contributed by atoms with Crippen LogP contribution in [0.5, 0.6) is 0 Å². The lowest BCUT2D eigenvalue weighted by Gasteiger charge is -2.08. The molecule has 4 nitrogen and oxygen atoms in total. The number of nitrogens with one attached hydrogen (secondary N) is 1. The SMILES string of the molecule is CONC(=O)c1ccc(COC(C)C)cc1. The van der Waals surface area contributed by atoms with Crippen molar-refractivity contribution in [1.82, 2.24) is 5.48 Å². The van der Waals surface area contributed by atoms with Crippen molar-refractivity contribution >= 4 is 5.91 Å². The Balaban J connectivity index is 2.57. The first-order valence-electron chi connectivity index (χ1n) is 5.17. The Morgan fingerprint density at radius 3 is 2.44 bits per heavy atom. The summed E-state index contributed by atoms with van der Waals surface area (Å²) in [5.74, 6) is -0.251. The van der Waals surface area contributed by atoms with Gasteiger partial charge in [0.05, 0.1) is 19.8 Å². The van der Waals surface area contributed by atoms with Gasteiger partial charge >= 0.3 is 0 Å². The van der Waals surface area contributed by atoms with E-state index in [4.69, 9.17) is 4.74 Å². The molecule has 88 valence electrons. The molecule has 0 unspecified atom stereocenters. The van der Waals surface area contributed by atoms with Gasteiger partial charge < -0.3 is 4.74 Å². The van der Waals surface area contributed by atoms with Gasteiger partial charge in [0.15, 0.2) is 0 Å². The van der Waals surface area contributed by atoms with Crippen LogP contribution in [0, 0.1) is 0 Å². The maximum absolute atomic E-state index is 11.4. The van der Waals surface area contributed by atoms with E-state index in [-0.39, 0.29) is 12.0 Å². The van der Waals surface area contributed by atoms with E-state index < -0.39 is 0 Å². The Morgan fingerprint density at radius 2 is 1.94 bits per heavy atom. The molecule has 1 aromatic rings.